The lowest BCUT2D eigenvalue weighted by molar-refractivity contribution is -0.133. The third-order valence-electron chi connectivity index (χ3n) is 4.74. The van der Waals surface area contributed by atoms with Crippen molar-refractivity contribution in [3.8, 4) is 0 Å². The van der Waals surface area contributed by atoms with E-state index in [1.54, 1.807) is 0 Å². The zero-order valence-corrected chi connectivity index (χ0v) is 9.63. The lowest BCUT2D eigenvalue weighted by Crippen LogP contribution is -2.51. The summed E-state index contributed by atoms with van der Waals surface area (Å²) < 4.78 is 0. The van der Waals surface area contributed by atoms with Crippen molar-refractivity contribution in [2.45, 2.75) is 64.4 Å². The molecule has 2 atom stereocenters. The van der Waals surface area contributed by atoms with Crippen LogP contribution in [0.1, 0.15) is 58.8 Å². The minimum atomic E-state index is -0.294. The van der Waals surface area contributed by atoms with Gasteiger partial charge in [-0.05, 0) is 56.3 Å². The number of aliphatic hydroxyl groups is 1. The molecule has 3 aliphatic carbocycles. The molecule has 3 fully saturated rings. The Kier molecular flexibility index (Phi) is 2.88. The lowest BCUT2D eigenvalue weighted by Gasteiger charge is -2.51. The molecule has 1 nitrogen and oxygen atoms in total. The van der Waals surface area contributed by atoms with Gasteiger partial charge in [-0.3, -0.25) is 0 Å². The van der Waals surface area contributed by atoms with Crippen molar-refractivity contribution < 1.29 is 5.11 Å². The van der Waals surface area contributed by atoms with Crippen LogP contribution in [0.15, 0.2) is 0 Å². The van der Waals surface area contributed by atoms with E-state index in [1.807, 2.05) is 0 Å². The first-order valence-electron chi connectivity index (χ1n) is 6.39. The number of fused-ring (bicyclic) bond motifs is 3. The summed E-state index contributed by atoms with van der Waals surface area (Å²) in [5.74, 6) is 1.97. The summed E-state index contributed by atoms with van der Waals surface area (Å²) in [5.41, 5.74) is -0.294. The van der Waals surface area contributed by atoms with Gasteiger partial charge in [0.05, 0.1) is 5.60 Å². The summed E-state index contributed by atoms with van der Waals surface area (Å²) in [6.45, 7) is 4.48. The fourth-order valence-corrected chi connectivity index (χ4v) is 3.78. The highest BCUT2D eigenvalue weighted by Gasteiger charge is 2.48. The van der Waals surface area contributed by atoms with Gasteiger partial charge in [0, 0.05) is 0 Å². The second-order valence-electron chi connectivity index (χ2n) is 5.60. The van der Waals surface area contributed by atoms with Gasteiger partial charge in [0.15, 0.2) is 0 Å². The van der Waals surface area contributed by atoms with Crippen molar-refractivity contribution in [1.82, 2.24) is 0 Å². The molecule has 0 heterocycles. The molecule has 3 aliphatic rings. The first kappa shape index (κ1) is 10.5. The fraction of sp³-hybridized carbons (Fsp3) is 1.00. The predicted molar refractivity (Wildman–Crippen MR) is 59.1 cm³/mol. The van der Waals surface area contributed by atoms with Gasteiger partial charge in [-0.2, -0.15) is 0 Å². The molecule has 3 saturated carbocycles. The van der Waals surface area contributed by atoms with Crippen molar-refractivity contribution >= 4 is 0 Å². The summed E-state index contributed by atoms with van der Waals surface area (Å²) >= 11 is 0. The molecule has 82 valence electrons. The fourth-order valence-electron chi connectivity index (χ4n) is 3.78. The minimum Gasteiger partial charge on any atom is -0.389 e. The third kappa shape index (κ3) is 1.60. The third-order valence-corrected chi connectivity index (χ3v) is 4.74. The molecule has 1 heteroatoms. The second-order valence-corrected chi connectivity index (χ2v) is 5.60. The quantitative estimate of drug-likeness (QED) is 0.734. The van der Waals surface area contributed by atoms with Crippen LogP contribution in [0.3, 0.4) is 0 Å². The highest BCUT2D eigenvalue weighted by atomic mass is 16.3. The molecule has 2 bridgehead atoms. The van der Waals surface area contributed by atoms with Gasteiger partial charge in [-0.15, -0.1) is 0 Å². The molecule has 0 aliphatic heterocycles. The Morgan fingerprint density at radius 2 is 1.93 bits per heavy atom. The molecule has 2 unspecified atom stereocenters. The van der Waals surface area contributed by atoms with E-state index in [1.165, 1.54) is 38.5 Å². The molecule has 0 amide bonds. The Bertz CT molecular complexity index is 193. The molecule has 3 rings (SSSR count). The van der Waals surface area contributed by atoms with Crippen molar-refractivity contribution in [3.63, 3.8) is 0 Å². The topological polar surface area (TPSA) is 20.2 Å². The highest BCUT2D eigenvalue weighted by Crippen LogP contribution is 2.51. The van der Waals surface area contributed by atoms with E-state index in [9.17, 15) is 5.11 Å². The van der Waals surface area contributed by atoms with Crippen LogP contribution in [-0.2, 0) is 0 Å². The minimum absolute atomic E-state index is 0.294. The normalized spacial score (nSPS) is 43.9. The molecular weight excluding hydrogens is 172 g/mol. The predicted octanol–water partition coefficient (Wildman–Crippen LogP) is 3.36. The number of hydrogen-bond acceptors (Lipinski definition) is 1. The summed E-state index contributed by atoms with van der Waals surface area (Å²) in [7, 11) is 0. The standard InChI is InChI=1S/C13H24O/c1-3-4-10(2)13(14)9-11-5-7-12(13)8-6-11/h10-12,14H,3-9H2,1-2H3. The summed E-state index contributed by atoms with van der Waals surface area (Å²) in [4.78, 5) is 0. The Labute approximate surface area is 87.9 Å². The van der Waals surface area contributed by atoms with Crippen LogP contribution in [0.2, 0.25) is 0 Å². The zero-order chi connectivity index (χ0) is 10.2. The van der Waals surface area contributed by atoms with Gasteiger partial charge in [0.2, 0.25) is 0 Å². The van der Waals surface area contributed by atoms with Crippen LogP contribution in [0.4, 0.5) is 0 Å². The second kappa shape index (κ2) is 3.84. The van der Waals surface area contributed by atoms with Gasteiger partial charge >= 0.3 is 0 Å². The van der Waals surface area contributed by atoms with Crippen LogP contribution in [0.25, 0.3) is 0 Å². The van der Waals surface area contributed by atoms with E-state index >= 15 is 0 Å². The Morgan fingerprint density at radius 1 is 1.29 bits per heavy atom. The van der Waals surface area contributed by atoms with Crippen LogP contribution < -0.4 is 0 Å². The molecule has 14 heavy (non-hydrogen) atoms. The molecule has 0 aromatic heterocycles. The van der Waals surface area contributed by atoms with E-state index in [2.05, 4.69) is 13.8 Å². The summed E-state index contributed by atoms with van der Waals surface area (Å²) in [6.07, 6.45) is 8.83. The van der Waals surface area contributed by atoms with E-state index in [4.69, 9.17) is 0 Å². The van der Waals surface area contributed by atoms with Gasteiger partial charge in [0.1, 0.15) is 0 Å². The number of hydrogen-bond donors (Lipinski definition) is 1. The molecule has 0 aromatic rings. The largest absolute Gasteiger partial charge is 0.389 e. The van der Waals surface area contributed by atoms with Crippen molar-refractivity contribution in [2.24, 2.45) is 17.8 Å². The van der Waals surface area contributed by atoms with Gasteiger partial charge < -0.3 is 5.11 Å². The SMILES string of the molecule is CCCC(C)C1(O)CC2CCC1CC2. The molecule has 0 aromatic carbocycles. The van der Waals surface area contributed by atoms with Gasteiger partial charge in [-0.25, -0.2) is 0 Å². The van der Waals surface area contributed by atoms with Crippen molar-refractivity contribution in [1.29, 1.82) is 0 Å². The van der Waals surface area contributed by atoms with Crippen LogP contribution in [0.5, 0.6) is 0 Å². The number of rotatable bonds is 3. The molecule has 0 radical (unpaired) electrons. The van der Waals surface area contributed by atoms with Crippen LogP contribution in [-0.4, -0.2) is 10.7 Å². The Morgan fingerprint density at radius 3 is 2.36 bits per heavy atom. The highest BCUT2D eigenvalue weighted by molar-refractivity contribution is 4.99. The van der Waals surface area contributed by atoms with Crippen LogP contribution >= 0.6 is 0 Å². The molecular formula is C13H24O. The maximum Gasteiger partial charge on any atom is 0.0703 e. The first-order chi connectivity index (χ1) is 6.66. The maximum atomic E-state index is 10.8. The summed E-state index contributed by atoms with van der Waals surface area (Å²) in [5, 5.41) is 10.8. The molecule has 1 N–H and O–H groups in total. The Hall–Kier alpha value is -0.0400. The first-order valence-corrected chi connectivity index (χ1v) is 6.39. The van der Waals surface area contributed by atoms with E-state index in [0.717, 1.165) is 12.3 Å². The zero-order valence-electron chi connectivity index (χ0n) is 9.63. The monoisotopic (exact) mass is 196 g/mol. The average molecular weight is 196 g/mol. The van der Waals surface area contributed by atoms with Gasteiger partial charge in [-0.1, -0.05) is 20.3 Å². The maximum absolute atomic E-state index is 10.8. The lowest BCUT2D eigenvalue weighted by atomic mass is 9.58. The van der Waals surface area contributed by atoms with Crippen LogP contribution in [0, 0.1) is 17.8 Å². The van der Waals surface area contributed by atoms with Gasteiger partial charge in [0.25, 0.3) is 0 Å². The smallest absolute Gasteiger partial charge is 0.0703 e. The van der Waals surface area contributed by atoms with E-state index in [0.29, 0.717) is 11.8 Å². The summed E-state index contributed by atoms with van der Waals surface area (Å²) in [6, 6.07) is 0. The average Bonchev–Trinajstić information content (AvgIpc) is 2.19. The van der Waals surface area contributed by atoms with E-state index < -0.39 is 0 Å². The van der Waals surface area contributed by atoms with Crippen molar-refractivity contribution in [3.05, 3.63) is 0 Å². The Balaban J connectivity index is 2.07. The van der Waals surface area contributed by atoms with E-state index in [-0.39, 0.29) is 5.60 Å². The van der Waals surface area contributed by atoms with Crippen molar-refractivity contribution in [2.75, 3.05) is 0 Å². The molecule has 0 spiro atoms. The molecule has 0 saturated heterocycles.